The zero-order valence-electron chi connectivity index (χ0n) is 9.01. The summed E-state index contributed by atoms with van der Waals surface area (Å²) in [6, 6.07) is 6.52. The van der Waals surface area contributed by atoms with Gasteiger partial charge in [0.05, 0.1) is 5.56 Å². The molecule has 0 aliphatic rings. The average Bonchev–Trinajstić information content (AvgIpc) is 2.25. The molecule has 0 atom stereocenters. The minimum atomic E-state index is -1.24. The van der Waals surface area contributed by atoms with E-state index in [9.17, 15) is 14.4 Å². The molecule has 0 spiro atoms. The minimum absolute atomic E-state index is 0.254. The first-order chi connectivity index (χ1) is 7.93. The Morgan fingerprint density at radius 2 is 1.88 bits per heavy atom. The summed E-state index contributed by atoms with van der Waals surface area (Å²) in [6.07, 6.45) is 0. The van der Waals surface area contributed by atoms with Crippen LogP contribution in [0.2, 0.25) is 0 Å². The fourth-order valence-electron chi connectivity index (χ4n) is 1.24. The van der Waals surface area contributed by atoms with Crippen molar-refractivity contribution in [3.05, 3.63) is 34.3 Å². The number of halogens is 1. The molecule has 0 radical (unpaired) electrons. The van der Waals surface area contributed by atoms with E-state index in [2.05, 4.69) is 15.9 Å². The van der Waals surface area contributed by atoms with Crippen LogP contribution in [-0.2, 0) is 9.59 Å². The van der Waals surface area contributed by atoms with Crippen LogP contribution in [0.15, 0.2) is 28.7 Å². The third-order valence-electron chi connectivity index (χ3n) is 2.02. The number of hydrogen-bond donors (Lipinski definition) is 1. The van der Waals surface area contributed by atoms with Gasteiger partial charge in [-0.15, -0.1) is 0 Å². The molecular formula is C11H10BrNO4. The highest BCUT2D eigenvalue weighted by Crippen LogP contribution is 2.17. The van der Waals surface area contributed by atoms with E-state index < -0.39 is 24.3 Å². The van der Waals surface area contributed by atoms with Crippen molar-refractivity contribution in [1.29, 1.82) is 0 Å². The molecule has 0 aromatic heterocycles. The third kappa shape index (κ3) is 3.39. The topological polar surface area (TPSA) is 74.7 Å². The molecule has 5 nitrogen and oxygen atoms in total. The van der Waals surface area contributed by atoms with Crippen LogP contribution in [0, 0.1) is 0 Å². The summed E-state index contributed by atoms with van der Waals surface area (Å²) < 4.78 is 0.515. The van der Waals surface area contributed by atoms with E-state index in [1.54, 1.807) is 18.2 Å². The highest BCUT2D eigenvalue weighted by atomic mass is 79.9. The Balaban J connectivity index is 3.04. The van der Waals surface area contributed by atoms with Gasteiger partial charge in [-0.05, 0) is 28.1 Å². The van der Waals surface area contributed by atoms with Crippen molar-refractivity contribution in [3.8, 4) is 0 Å². The monoisotopic (exact) mass is 299 g/mol. The third-order valence-corrected chi connectivity index (χ3v) is 2.71. The molecule has 1 aromatic rings. The van der Waals surface area contributed by atoms with Crippen molar-refractivity contribution >= 4 is 33.7 Å². The smallest absolute Gasteiger partial charge is 0.323 e. The summed E-state index contributed by atoms with van der Waals surface area (Å²) >= 11 is 3.17. The summed E-state index contributed by atoms with van der Waals surface area (Å²) in [4.78, 5) is 34.4. The maximum Gasteiger partial charge on any atom is 0.323 e. The number of imide groups is 1. The quantitative estimate of drug-likeness (QED) is 0.918. The van der Waals surface area contributed by atoms with Crippen LogP contribution >= 0.6 is 15.9 Å². The lowest BCUT2D eigenvalue weighted by Crippen LogP contribution is -2.39. The van der Waals surface area contributed by atoms with Crippen molar-refractivity contribution in [2.75, 3.05) is 6.54 Å². The molecule has 0 fully saturated rings. The van der Waals surface area contributed by atoms with Crippen molar-refractivity contribution in [3.63, 3.8) is 0 Å². The number of benzene rings is 1. The number of carbonyl (C=O) groups excluding carboxylic acids is 2. The van der Waals surface area contributed by atoms with Gasteiger partial charge in [-0.3, -0.25) is 19.3 Å². The highest BCUT2D eigenvalue weighted by Gasteiger charge is 2.23. The summed E-state index contributed by atoms with van der Waals surface area (Å²) in [6.45, 7) is 0.507. The van der Waals surface area contributed by atoms with Crippen LogP contribution in [0.5, 0.6) is 0 Å². The Kier molecular flexibility index (Phi) is 4.39. The van der Waals surface area contributed by atoms with E-state index in [-0.39, 0.29) is 5.56 Å². The Morgan fingerprint density at radius 3 is 2.35 bits per heavy atom. The first-order valence-electron chi connectivity index (χ1n) is 4.72. The Morgan fingerprint density at radius 1 is 1.29 bits per heavy atom. The number of nitrogens with zero attached hydrogens (tertiary/aromatic N) is 1. The molecule has 0 saturated carbocycles. The van der Waals surface area contributed by atoms with Gasteiger partial charge in [-0.25, -0.2) is 0 Å². The number of rotatable bonds is 3. The van der Waals surface area contributed by atoms with Gasteiger partial charge in [0, 0.05) is 11.4 Å². The van der Waals surface area contributed by atoms with E-state index in [1.807, 2.05) is 0 Å². The number of carbonyl (C=O) groups is 3. The van der Waals surface area contributed by atoms with Crippen molar-refractivity contribution in [2.45, 2.75) is 6.92 Å². The van der Waals surface area contributed by atoms with Crippen LogP contribution in [-0.4, -0.2) is 34.3 Å². The molecule has 0 saturated heterocycles. The van der Waals surface area contributed by atoms with Gasteiger partial charge in [0.25, 0.3) is 5.91 Å². The lowest BCUT2D eigenvalue weighted by atomic mass is 10.2. The molecule has 1 rings (SSSR count). The van der Waals surface area contributed by atoms with Crippen LogP contribution < -0.4 is 0 Å². The Hall–Kier alpha value is -1.69. The second kappa shape index (κ2) is 5.58. The fourth-order valence-corrected chi connectivity index (χ4v) is 1.70. The molecule has 90 valence electrons. The molecule has 1 aromatic carbocycles. The molecule has 0 aliphatic carbocycles. The largest absolute Gasteiger partial charge is 0.480 e. The molecule has 0 unspecified atom stereocenters. The summed E-state index contributed by atoms with van der Waals surface area (Å²) in [5.74, 6) is -2.47. The summed E-state index contributed by atoms with van der Waals surface area (Å²) in [5.41, 5.74) is 0.254. The van der Waals surface area contributed by atoms with Crippen LogP contribution in [0.3, 0.4) is 0 Å². The summed E-state index contributed by atoms with van der Waals surface area (Å²) in [5, 5.41) is 8.64. The Bertz CT molecular complexity index is 472. The van der Waals surface area contributed by atoms with Crippen LogP contribution in [0.25, 0.3) is 0 Å². The van der Waals surface area contributed by atoms with Gasteiger partial charge in [-0.1, -0.05) is 12.1 Å². The molecule has 1 N–H and O–H groups in total. The van der Waals surface area contributed by atoms with Gasteiger partial charge >= 0.3 is 5.97 Å². The van der Waals surface area contributed by atoms with Gasteiger partial charge in [-0.2, -0.15) is 0 Å². The van der Waals surface area contributed by atoms with Gasteiger partial charge in [0.2, 0.25) is 5.91 Å². The second-order valence-electron chi connectivity index (χ2n) is 3.28. The van der Waals surface area contributed by atoms with Gasteiger partial charge < -0.3 is 5.11 Å². The SMILES string of the molecule is CC(=O)N(CC(=O)O)C(=O)c1ccccc1Br. The minimum Gasteiger partial charge on any atom is -0.480 e. The predicted molar refractivity (Wildman–Crippen MR) is 63.5 cm³/mol. The van der Waals surface area contributed by atoms with Crippen molar-refractivity contribution in [2.24, 2.45) is 0 Å². The first kappa shape index (κ1) is 13.4. The lowest BCUT2D eigenvalue weighted by molar-refractivity contribution is -0.142. The predicted octanol–water partition coefficient (Wildman–Crippen LogP) is 1.52. The maximum atomic E-state index is 12.0. The average molecular weight is 300 g/mol. The van der Waals surface area contributed by atoms with Crippen molar-refractivity contribution < 1.29 is 19.5 Å². The molecule has 0 bridgehead atoms. The van der Waals surface area contributed by atoms with E-state index >= 15 is 0 Å². The molecule has 0 aliphatic heterocycles. The van der Waals surface area contributed by atoms with Crippen molar-refractivity contribution in [1.82, 2.24) is 4.90 Å². The maximum absolute atomic E-state index is 12.0. The normalized spacial score (nSPS) is 9.76. The molecular weight excluding hydrogens is 290 g/mol. The lowest BCUT2D eigenvalue weighted by Gasteiger charge is -2.17. The fraction of sp³-hybridized carbons (Fsp3) is 0.182. The zero-order valence-corrected chi connectivity index (χ0v) is 10.6. The summed E-state index contributed by atoms with van der Waals surface area (Å²) in [7, 11) is 0. The zero-order chi connectivity index (χ0) is 13.0. The first-order valence-corrected chi connectivity index (χ1v) is 5.51. The molecule has 0 heterocycles. The molecule has 2 amide bonds. The van der Waals surface area contributed by atoms with Gasteiger partial charge in [0.1, 0.15) is 6.54 Å². The molecule has 6 heteroatoms. The number of aliphatic carboxylic acids is 1. The van der Waals surface area contributed by atoms with E-state index in [0.717, 1.165) is 6.92 Å². The van der Waals surface area contributed by atoms with E-state index in [1.165, 1.54) is 6.07 Å². The number of carboxylic acid groups (broad SMARTS) is 1. The standard InChI is InChI=1S/C11H10BrNO4/c1-7(14)13(6-10(15)16)11(17)8-4-2-3-5-9(8)12/h2-5H,6H2,1H3,(H,15,16). The number of carboxylic acids is 1. The second-order valence-corrected chi connectivity index (χ2v) is 4.14. The number of amides is 2. The Labute approximate surface area is 106 Å². The number of hydrogen-bond acceptors (Lipinski definition) is 3. The van der Waals surface area contributed by atoms with E-state index in [4.69, 9.17) is 5.11 Å². The van der Waals surface area contributed by atoms with E-state index in [0.29, 0.717) is 9.37 Å². The van der Waals surface area contributed by atoms with Gasteiger partial charge in [0.15, 0.2) is 0 Å². The van der Waals surface area contributed by atoms with Crippen LogP contribution in [0.4, 0.5) is 0 Å². The highest BCUT2D eigenvalue weighted by molar-refractivity contribution is 9.10. The van der Waals surface area contributed by atoms with Crippen LogP contribution in [0.1, 0.15) is 17.3 Å². The molecule has 17 heavy (non-hydrogen) atoms.